The summed E-state index contributed by atoms with van der Waals surface area (Å²) in [6.45, 7) is 2.42. The summed E-state index contributed by atoms with van der Waals surface area (Å²) in [5.74, 6) is 0. The summed E-state index contributed by atoms with van der Waals surface area (Å²) in [7, 11) is -3.50. The van der Waals surface area contributed by atoms with Crippen molar-refractivity contribution in [1.82, 2.24) is 9.71 Å². The maximum Gasteiger partial charge on any atom is 0.240 e. The molecule has 1 aliphatic carbocycles. The molecule has 0 unspecified atom stereocenters. The Balaban J connectivity index is 1.40. The molecule has 2 aromatic rings. The van der Waals surface area contributed by atoms with Gasteiger partial charge in [0.2, 0.25) is 10.0 Å². The van der Waals surface area contributed by atoms with Gasteiger partial charge in [0.25, 0.3) is 0 Å². The van der Waals surface area contributed by atoms with Gasteiger partial charge in [0.05, 0.1) is 4.90 Å². The normalized spacial score (nSPS) is 19.1. The van der Waals surface area contributed by atoms with Gasteiger partial charge in [-0.1, -0.05) is 0 Å². The zero-order valence-corrected chi connectivity index (χ0v) is 15.0. The van der Waals surface area contributed by atoms with E-state index in [0.29, 0.717) is 10.3 Å². The maximum absolute atomic E-state index is 12.4. The van der Waals surface area contributed by atoms with Gasteiger partial charge in [-0.25, -0.2) is 13.1 Å². The number of piperidine rings is 1. The van der Waals surface area contributed by atoms with Crippen molar-refractivity contribution in [3.05, 3.63) is 54.4 Å². The number of nitrogens with zero attached hydrogens (tertiary/aromatic N) is 2. The molecule has 4 rings (SSSR count). The SMILES string of the molecule is O=S(=O)(NCc1ccncc1)c1ccc(N2CCC3(CC2)CC3)cc1. The molecule has 25 heavy (non-hydrogen) atoms. The molecule has 1 aromatic heterocycles. The zero-order valence-electron chi connectivity index (χ0n) is 14.2. The van der Waals surface area contributed by atoms with E-state index >= 15 is 0 Å². The highest BCUT2D eigenvalue weighted by Crippen LogP contribution is 2.53. The van der Waals surface area contributed by atoms with Crippen LogP contribution in [-0.4, -0.2) is 26.5 Å². The Bertz CT molecular complexity index is 821. The Morgan fingerprint density at radius 2 is 1.60 bits per heavy atom. The molecule has 1 aliphatic heterocycles. The summed E-state index contributed by atoms with van der Waals surface area (Å²) in [5.41, 5.74) is 2.65. The third kappa shape index (κ3) is 3.70. The van der Waals surface area contributed by atoms with E-state index in [1.807, 2.05) is 12.1 Å². The molecular formula is C19H23N3O2S. The molecule has 0 atom stereocenters. The van der Waals surface area contributed by atoms with Crippen molar-refractivity contribution < 1.29 is 8.42 Å². The number of sulfonamides is 1. The lowest BCUT2D eigenvalue weighted by Crippen LogP contribution is -2.34. The number of hydrogen-bond donors (Lipinski definition) is 1. The molecule has 1 aromatic carbocycles. The molecule has 2 fully saturated rings. The van der Waals surface area contributed by atoms with E-state index in [1.54, 1.807) is 36.7 Å². The van der Waals surface area contributed by atoms with Crippen LogP contribution >= 0.6 is 0 Å². The van der Waals surface area contributed by atoms with E-state index in [0.717, 1.165) is 24.3 Å². The minimum Gasteiger partial charge on any atom is -0.371 e. The van der Waals surface area contributed by atoms with E-state index < -0.39 is 10.0 Å². The van der Waals surface area contributed by atoms with Crippen molar-refractivity contribution in [2.75, 3.05) is 18.0 Å². The molecule has 0 radical (unpaired) electrons. The smallest absolute Gasteiger partial charge is 0.240 e. The van der Waals surface area contributed by atoms with Gasteiger partial charge >= 0.3 is 0 Å². The average molecular weight is 357 g/mol. The molecular weight excluding hydrogens is 334 g/mol. The molecule has 2 heterocycles. The summed E-state index contributed by atoms with van der Waals surface area (Å²) in [6.07, 6.45) is 8.62. The van der Waals surface area contributed by atoms with Crippen LogP contribution in [0.15, 0.2) is 53.7 Å². The second-order valence-electron chi connectivity index (χ2n) is 7.16. The zero-order chi connectivity index (χ0) is 17.3. The van der Waals surface area contributed by atoms with Gasteiger partial charge in [0, 0.05) is 37.7 Å². The van der Waals surface area contributed by atoms with Crippen molar-refractivity contribution in [3.63, 3.8) is 0 Å². The number of pyridine rings is 1. The van der Waals surface area contributed by atoms with Crippen LogP contribution in [0.3, 0.4) is 0 Å². The summed E-state index contributed by atoms with van der Waals surface area (Å²) in [4.78, 5) is 6.60. The summed E-state index contributed by atoms with van der Waals surface area (Å²) < 4.78 is 27.5. The van der Waals surface area contributed by atoms with E-state index in [2.05, 4.69) is 14.6 Å². The first-order valence-corrected chi connectivity index (χ1v) is 10.3. The summed E-state index contributed by atoms with van der Waals surface area (Å²) in [6, 6.07) is 10.8. The van der Waals surface area contributed by atoms with E-state index in [4.69, 9.17) is 0 Å². The highest BCUT2D eigenvalue weighted by molar-refractivity contribution is 7.89. The molecule has 2 aliphatic rings. The van der Waals surface area contributed by atoms with Gasteiger partial charge in [-0.05, 0) is 73.1 Å². The fraction of sp³-hybridized carbons (Fsp3) is 0.421. The quantitative estimate of drug-likeness (QED) is 0.894. The molecule has 1 saturated heterocycles. The predicted octanol–water partition coefficient (Wildman–Crippen LogP) is 2.94. The number of benzene rings is 1. The largest absolute Gasteiger partial charge is 0.371 e. The highest BCUT2D eigenvalue weighted by atomic mass is 32.2. The average Bonchev–Trinajstić information content (AvgIpc) is 3.41. The monoisotopic (exact) mass is 357 g/mol. The Morgan fingerprint density at radius 1 is 0.960 bits per heavy atom. The lowest BCUT2D eigenvalue weighted by molar-refractivity contribution is 0.384. The molecule has 0 bridgehead atoms. The van der Waals surface area contributed by atoms with Crippen LogP contribution in [0.1, 0.15) is 31.2 Å². The van der Waals surface area contributed by atoms with Crippen LogP contribution in [0.4, 0.5) is 5.69 Å². The second-order valence-corrected chi connectivity index (χ2v) is 8.93. The highest BCUT2D eigenvalue weighted by Gasteiger charge is 2.44. The first-order chi connectivity index (χ1) is 12.1. The third-order valence-electron chi connectivity index (χ3n) is 5.51. The number of hydrogen-bond acceptors (Lipinski definition) is 4. The maximum atomic E-state index is 12.4. The third-order valence-corrected chi connectivity index (χ3v) is 6.93. The summed E-state index contributed by atoms with van der Waals surface area (Å²) >= 11 is 0. The Kier molecular flexibility index (Phi) is 4.25. The van der Waals surface area contributed by atoms with E-state index in [1.165, 1.54) is 25.7 Å². The van der Waals surface area contributed by atoms with Crippen LogP contribution in [0.5, 0.6) is 0 Å². The van der Waals surface area contributed by atoms with Gasteiger partial charge in [-0.15, -0.1) is 0 Å². The second kappa shape index (κ2) is 6.42. The minimum atomic E-state index is -3.50. The first-order valence-electron chi connectivity index (χ1n) is 8.80. The Labute approximate surface area is 149 Å². The van der Waals surface area contributed by atoms with Gasteiger partial charge < -0.3 is 4.90 Å². The van der Waals surface area contributed by atoms with Crippen molar-refractivity contribution in [1.29, 1.82) is 0 Å². The van der Waals surface area contributed by atoms with Crippen molar-refractivity contribution in [3.8, 4) is 0 Å². The van der Waals surface area contributed by atoms with E-state index in [-0.39, 0.29) is 6.54 Å². The van der Waals surface area contributed by atoms with Gasteiger partial charge in [-0.3, -0.25) is 4.98 Å². The van der Waals surface area contributed by atoms with Gasteiger partial charge in [-0.2, -0.15) is 0 Å². The predicted molar refractivity (Wildman–Crippen MR) is 97.8 cm³/mol. The fourth-order valence-electron chi connectivity index (χ4n) is 3.51. The lowest BCUT2D eigenvalue weighted by atomic mass is 9.93. The van der Waals surface area contributed by atoms with Crippen LogP contribution < -0.4 is 9.62 Å². The number of aromatic nitrogens is 1. The molecule has 1 N–H and O–H groups in total. The van der Waals surface area contributed by atoms with Crippen molar-refractivity contribution in [2.45, 2.75) is 37.1 Å². The molecule has 1 saturated carbocycles. The number of nitrogens with one attached hydrogen (secondary N) is 1. The molecule has 1 spiro atoms. The van der Waals surface area contributed by atoms with Gasteiger partial charge in [0.15, 0.2) is 0 Å². The molecule has 0 amide bonds. The topological polar surface area (TPSA) is 62.3 Å². The van der Waals surface area contributed by atoms with Gasteiger partial charge in [0.1, 0.15) is 0 Å². The number of rotatable bonds is 5. The lowest BCUT2D eigenvalue weighted by Gasteiger charge is -2.33. The molecule has 132 valence electrons. The number of anilines is 1. The Morgan fingerprint density at radius 3 is 2.20 bits per heavy atom. The summed E-state index contributed by atoms with van der Waals surface area (Å²) in [5, 5.41) is 0. The standard InChI is InChI=1S/C19H23N3O2S/c23-25(24,21-15-16-5-11-20-12-6-16)18-3-1-17(2-4-18)22-13-9-19(7-8-19)10-14-22/h1-6,11-12,21H,7-10,13-15H2. The Hall–Kier alpha value is -1.92. The van der Waals surface area contributed by atoms with Crippen molar-refractivity contribution >= 4 is 15.7 Å². The first kappa shape index (κ1) is 16.5. The molecule has 5 nitrogen and oxygen atoms in total. The van der Waals surface area contributed by atoms with Crippen molar-refractivity contribution in [2.24, 2.45) is 5.41 Å². The fourth-order valence-corrected chi connectivity index (χ4v) is 4.53. The van der Waals surface area contributed by atoms with E-state index in [9.17, 15) is 8.42 Å². The van der Waals surface area contributed by atoms with Crippen LogP contribution in [0.25, 0.3) is 0 Å². The van der Waals surface area contributed by atoms with Crippen LogP contribution in [0, 0.1) is 5.41 Å². The molecule has 6 heteroatoms. The van der Waals surface area contributed by atoms with Crippen LogP contribution in [0.2, 0.25) is 0 Å². The van der Waals surface area contributed by atoms with Crippen LogP contribution in [-0.2, 0) is 16.6 Å². The minimum absolute atomic E-state index is 0.265.